The molecule has 53 heavy (non-hydrogen) atoms. The van der Waals surface area contributed by atoms with E-state index in [9.17, 15) is 18.0 Å². The molecule has 2 amide bonds. The molecule has 2 atom stereocenters. The second-order valence-electron chi connectivity index (χ2n) is 15.9. The average molecular weight is 800 g/mol. The number of nitrogens with zero attached hydrogens (tertiary/aromatic N) is 4. The smallest absolute Gasteiger partial charge is 0.408 e. The van der Waals surface area contributed by atoms with Crippen molar-refractivity contribution in [1.29, 1.82) is 0 Å². The van der Waals surface area contributed by atoms with Crippen LogP contribution in [0.2, 0.25) is 23.2 Å². The Hall–Kier alpha value is -3.67. The number of amides is 2. The summed E-state index contributed by atoms with van der Waals surface area (Å²) in [6.07, 6.45) is -1.51. The molecule has 0 spiro atoms. The molecule has 1 saturated heterocycles. The number of sulfone groups is 1. The highest BCUT2D eigenvalue weighted by atomic mass is 35.5. The third-order valence-electron chi connectivity index (χ3n) is 9.69. The van der Waals surface area contributed by atoms with E-state index >= 15 is 13.2 Å². The van der Waals surface area contributed by atoms with Crippen LogP contribution in [-0.2, 0) is 30.3 Å². The number of anilines is 2. The van der Waals surface area contributed by atoms with Crippen molar-refractivity contribution < 1.29 is 44.8 Å². The number of carbonyl (C=O) groups excluding carboxylic acids is 2. The number of nitrogens with one attached hydrogen (secondary N) is 1. The lowest BCUT2D eigenvalue weighted by molar-refractivity contribution is -0.120. The second-order valence-corrected chi connectivity index (χ2v) is 23.2. The third-order valence-corrected chi connectivity index (χ3v) is 16.2. The van der Waals surface area contributed by atoms with Crippen molar-refractivity contribution in [3.8, 4) is 11.5 Å². The average Bonchev–Trinajstić information content (AvgIpc) is 3.49. The lowest BCUT2D eigenvalue weighted by atomic mass is 9.95. The Balaban J connectivity index is 1.49. The summed E-state index contributed by atoms with van der Waals surface area (Å²) in [7, 11) is -6.74. The molecule has 1 aromatic heterocycles. The highest BCUT2D eigenvalue weighted by Crippen LogP contribution is 2.41. The topological polar surface area (TPSA) is 144 Å². The molecule has 0 bridgehead atoms. The van der Waals surface area contributed by atoms with Gasteiger partial charge in [-0.2, -0.15) is 0 Å². The number of halogens is 4. The summed E-state index contributed by atoms with van der Waals surface area (Å²) >= 11 is 6.07. The highest BCUT2D eigenvalue weighted by molar-refractivity contribution is 7.91. The van der Waals surface area contributed by atoms with Crippen LogP contribution in [0.3, 0.4) is 0 Å². The van der Waals surface area contributed by atoms with E-state index in [0.29, 0.717) is 10.6 Å². The zero-order chi connectivity index (χ0) is 39.3. The Morgan fingerprint density at radius 2 is 1.77 bits per heavy atom. The number of fused-ring (bicyclic) bond motifs is 1. The number of piperidine rings is 1. The Kier molecular flexibility index (Phi) is 11.1. The summed E-state index contributed by atoms with van der Waals surface area (Å²) in [5.74, 6) is -7.28. The minimum absolute atomic E-state index is 0.119. The van der Waals surface area contributed by atoms with Gasteiger partial charge >= 0.3 is 12.1 Å². The molecule has 2 aliphatic heterocycles. The number of hydrogen-bond acceptors (Lipinski definition) is 10. The van der Waals surface area contributed by atoms with Crippen molar-refractivity contribution in [1.82, 2.24) is 15.5 Å². The number of hydrogen-bond donors (Lipinski definition) is 1. The maximum Gasteiger partial charge on any atom is 0.408 e. The van der Waals surface area contributed by atoms with Gasteiger partial charge < -0.3 is 28.7 Å². The second kappa shape index (κ2) is 14.5. The number of aromatic nitrogens is 2. The number of rotatable bonds is 8. The fourth-order valence-electron chi connectivity index (χ4n) is 5.65. The number of benzene rings is 2. The molecule has 12 nitrogen and oxygen atoms in total. The van der Waals surface area contributed by atoms with Gasteiger partial charge in [0.25, 0.3) is 17.7 Å². The quantitative estimate of drug-likeness (QED) is 0.232. The lowest BCUT2D eigenvalue weighted by Gasteiger charge is -2.41. The summed E-state index contributed by atoms with van der Waals surface area (Å²) in [5, 5.41) is 10.6. The van der Waals surface area contributed by atoms with Crippen molar-refractivity contribution in [2.75, 3.05) is 35.2 Å². The molecule has 1 unspecified atom stereocenters. The molecule has 0 aliphatic carbocycles. The number of carbonyl (C=O) groups is 2. The highest BCUT2D eigenvalue weighted by Gasteiger charge is 2.47. The summed E-state index contributed by atoms with van der Waals surface area (Å²) < 4.78 is 90.9. The summed E-state index contributed by atoms with van der Waals surface area (Å²) in [4.78, 5) is 28.9. The zero-order valence-corrected chi connectivity index (χ0v) is 33.5. The standard InChI is InChI=1S/C35H45ClF3N5O7SSi/c1-33(2,3)51-32(46)40-26-20-52(47,48)28-16-25(37)24(15-27(28)44(30(26)45)17-21-9-11-23(36)12-10-21)29-41-42-31(50-29)43-14-13-35(38,39)22(18-43)19-49-53(7,8)34(4,5)6/h9-12,15-16,22,26H,13-14,17-20H2,1-8H3,(H,40,46)/t22?,26-/m0/s1. The van der Waals surface area contributed by atoms with Crippen molar-refractivity contribution in [3.05, 3.63) is 52.8 Å². The van der Waals surface area contributed by atoms with Crippen molar-refractivity contribution in [3.63, 3.8) is 0 Å². The summed E-state index contributed by atoms with van der Waals surface area (Å²) in [5.41, 5.74) is -0.928. The van der Waals surface area contributed by atoms with E-state index in [2.05, 4.69) is 15.5 Å². The Morgan fingerprint density at radius 1 is 1.11 bits per heavy atom. The van der Waals surface area contributed by atoms with Crippen LogP contribution in [0.25, 0.3) is 11.5 Å². The van der Waals surface area contributed by atoms with Crippen molar-refractivity contribution >= 4 is 53.5 Å². The number of alkyl halides is 2. The minimum Gasteiger partial charge on any atom is -0.444 e. The summed E-state index contributed by atoms with van der Waals surface area (Å²) in [6, 6.07) is 6.58. The Morgan fingerprint density at radius 3 is 2.40 bits per heavy atom. The first-order valence-electron chi connectivity index (χ1n) is 17.1. The van der Waals surface area contributed by atoms with Gasteiger partial charge in [-0.3, -0.25) is 4.79 Å². The van der Waals surface area contributed by atoms with E-state index in [4.69, 9.17) is 25.2 Å². The van der Waals surface area contributed by atoms with Gasteiger partial charge in [0.2, 0.25) is 0 Å². The van der Waals surface area contributed by atoms with E-state index in [1.807, 2.05) is 33.9 Å². The molecular weight excluding hydrogens is 755 g/mol. The monoisotopic (exact) mass is 799 g/mol. The Labute approximate surface area is 313 Å². The SMILES string of the molecule is CC(C)(C)OC(=O)N[C@H]1CS(=O)(=O)c2cc(F)c(-c3nnc(N4CCC(F)(F)C(CO[Si](C)(C)C(C)(C)C)C4)o3)cc2N(Cc2ccc(Cl)cc2)C1=O. The first-order chi connectivity index (χ1) is 24.4. The van der Waals surface area contributed by atoms with E-state index in [-0.39, 0.29) is 54.4 Å². The summed E-state index contributed by atoms with van der Waals surface area (Å²) in [6.45, 7) is 14.2. The van der Waals surface area contributed by atoms with Crippen LogP contribution in [0.15, 0.2) is 45.7 Å². The number of ether oxygens (including phenoxy) is 1. The van der Waals surface area contributed by atoms with Gasteiger partial charge in [0.1, 0.15) is 17.5 Å². The van der Waals surface area contributed by atoms with Gasteiger partial charge in [-0.1, -0.05) is 49.6 Å². The van der Waals surface area contributed by atoms with Gasteiger partial charge in [-0.05, 0) is 68.7 Å². The van der Waals surface area contributed by atoms with Gasteiger partial charge in [-0.25, -0.2) is 26.4 Å². The predicted octanol–water partition coefficient (Wildman–Crippen LogP) is 7.23. The molecule has 2 aromatic carbocycles. The normalized spacial score (nSPS) is 20.5. The molecule has 0 radical (unpaired) electrons. The Bertz CT molecular complexity index is 1970. The van der Waals surface area contributed by atoms with Crippen LogP contribution in [-0.4, -0.2) is 81.9 Å². The zero-order valence-electron chi connectivity index (χ0n) is 30.9. The van der Waals surface area contributed by atoms with E-state index < -0.39 is 76.5 Å². The van der Waals surface area contributed by atoms with Crippen LogP contribution < -0.4 is 15.1 Å². The van der Waals surface area contributed by atoms with E-state index in [1.54, 1.807) is 45.0 Å². The lowest BCUT2D eigenvalue weighted by Crippen LogP contribution is -2.51. The molecule has 1 fully saturated rings. The maximum atomic E-state index is 15.9. The number of alkyl carbamates (subject to hydrolysis) is 1. The molecule has 3 aromatic rings. The van der Waals surface area contributed by atoms with Gasteiger partial charge in [-0.15, -0.1) is 5.10 Å². The molecule has 5 rings (SSSR count). The van der Waals surface area contributed by atoms with Crippen LogP contribution in [0.1, 0.15) is 53.5 Å². The third kappa shape index (κ3) is 9.17. The largest absolute Gasteiger partial charge is 0.444 e. The van der Waals surface area contributed by atoms with Gasteiger partial charge in [0.15, 0.2) is 18.2 Å². The van der Waals surface area contributed by atoms with E-state index in [1.165, 1.54) is 4.90 Å². The van der Waals surface area contributed by atoms with Gasteiger partial charge in [0, 0.05) is 31.1 Å². The molecule has 18 heteroatoms. The first-order valence-corrected chi connectivity index (χ1v) is 22.0. The van der Waals surface area contributed by atoms with Crippen LogP contribution >= 0.6 is 11.6 Å². The van der Waals surface area contributed by atoms with Crippen LogP contribution in [0.5, 0.6) is 0 Å². The molecule has 2 aliphatic rings. The van der Waals surface area contributed by atoms with Gasteiger partial charge in [0.05, 0.1) is 34.4 Å². The van der Waals surface area contributed by atoms with Crippen LogP contribution in [0.4, 0.5) is 29.7 Å². The molecule has 3 heterocycles. The minimum atomic E-state index is -4.41. The molecular formula is C35H45ClF3N5O7SSi. The molecule has 290 valence electrons. The van der Waals surface area contributed by atoms with Crippen molar-refractivity contribution in [2.45, 2.75) is 95.1 Å². The van der Waals surface area contributed by atoms with Crippen molar-refractivity contribution in [2.24, 2.45) is 5.92 Å². The fraction of sp³-hybridized carbons (Fsp3) is 0.543. The fourth-order valence-corrected chi connectivity index (χ4v) is 8.44. The molecule has 1 N–H and O–H groups in total. The first kappa shape index (κ1) is 40.5. The van der Waals surface area contributed by atoms with Crippen LogP contribution in [0, 0.1) is 11.7 Å². The predicted molar refractivity (Wildman–Crippen MR) is 196 cm³/mol. The molecule has 0 saturated carbocycles. The maximum absolute atomic E-state index is 15.9. The van der Waals surface area contributed by atoms with E-state index in [0.717, 1.165) is 17.0 Å².